The van der Waals surface area contributed by atoms with Gasteiger partial charge in [-0.3, -0.25) is 19.3 Å². The molecule has 0 bridgehead atoms. The number of halogens is 1. The number of nitrogens with zero attached hydrogens (tertiary/aromatic N) is 1. The van der Waals surface area contributed by atoms with Crippen molar-refractivity contribution in [1.82, 2.24) is 10.2 Å². The molecule has 2 rings (SSSR count). The monoisotopic (exact) mass is 414 g/mol. The maximum absolute atomic E-state index is 12.9. The van der Waals surface area contributed by atoms with Crippen molar-refractivity contribution in [2.45, 2.75) is 26.8 Å². The molecular weight excluding hydrogens is 387 g/mol. The summed E-state index contributed by atoms with van der Waals surface area (Å²) in [5.74, 6) is -1.43. The summed E-state index contributed by atoms with van der Waals surface area (Å²) in [5, 5.41) is 8.03. The summed E-state index contributed by atoms with van der Waals surface area (Å²) in [6.45, 7) is 5.22. The molecule has 0 radical (unpaired) electrons. The minimum absolute atomic E-state index is 0.0411. The number of carbonyl (C=O) groups is 3. The molecule has 0 saturated heterocycles. The number of carbonyl (C=O) groups excluding carboxylic acids is 3. The summed E-state index contributed by atoms with van der Waals surface area (Å²) >= 11 is 0. The van der Waals surface area contributed by atoms with Gasteiger partial charge in [0.15, 0.2) is 0 Å². The Labute approximate surface area is 175 Å². The van der Waals surface area contributed by atoms with E-state index in [9.17, 15) is 18.8 Å². The van der Waals surface area contributed by atoms with Crippen LogP contribution in [0.4, 0.5) is 15.8 Å². The van der Waals surface area contributed by atoms with Crippen LogP contribution >= 0.6 is 0 Å². The first-order chi connectivity index (χ1) is 14.2. The molecule has 0 saturated carbocycles. The second kappa shape index (κ2) is 10.5. The summed E-state index contributed by atoms with van der Waals surface area (Å²) in [4.78, 5) is 38.2. The zero-order valence-electron chi connectivity index (χ0n) is 17.6. The number of aryl methyl sites for hydroxylation is 2. The summed E-state index contributed by atoms with van der Waals surface area (Å²) in [6, 6.07) is 10.5. The zero-order valence-corrected chi connectivity index (χ0v) is 17.6. The number of likely N-dealkylation sites (N-methyl/N-ethyl adjacent to an activating group) is 1. The largest absolute Gasteiger partial charge is 0.346 e. The molecule has 1 atom stereocenters. The first kappa shape index (κ1) is 23.0. The molecule has 3 amide bonds. The normalized spacial score (nSPS) is 11.7. The van der Waals surface area contributed by atoms with Gasteiger partial charge in [0.25, 0.3) is 0 Å². The van der Waals surface area contributed by atoms with E-state index in [-0.39, 0.29) is 30.8 Å². The fourth-order valence-corrected chi connectivity index (χ4v) is 2.81. The molecule has 0 spiro atoms. The van der Waals surface area contributed by atoms with E-state index in [4.69, 9.17) is 0 Å². The molecule has 7 nitrogen and oxygen atoms in total. The maximum Gasteiger partial charge on any atom is 0.243 e. The number of benzene rings is 2. The lowest BCUT2D eigenvalue weighted by Crippen LogP contribution is -2.47. The second-order valence-corrected chi connectivity index (χ2v) is 7.18. The SMILES string of the molecule is Cc1cccc(C)c1NC(=O)CNC(=O)[C@H](C)N(C)CC(=O)Nc1ccc(F)cc1. The second-order valence-electron chi connectivity index (χ2n) is 7.18. The Hall–Kier alpha value is -3.26. The lowest BCUT2D eigenvalue weighted by atomic mass is 10.1. The minimum atomic E-state index is -0.628. The van der Waals surface area contributed by atoms with Crippen LogP contribution in [0.2, 0.25) is 0 Å². The molecule has 3 N–H and O–H groups in total. The van der Waals surface area contributed by atoms with E-state index >= 15 is 0 Å². The molecule has 0 unspecified atom stereocenters. The van der Waals surface area contributed by atoms with Gasteiger partial charge in [0.2, 0.25) is 17.7 Å². The van der Waals surface area contributed by atoms with Gasteiger partial charge in [-0.2, -0.15) is 0 Å². The molecular formula is C22H27FN4O3. The molecule has 30 heavy (non-hydrogen) atoms. The first-order valence-electron chi connectivity index (χ1n) is 9.57. The third kappa shape index (κ3) is 6.66. The Balaban J connectivity index is 1.80. The molecule has 0 aliphatic carbocycles. The van der Waals surface area contributed by atoms with Crippen LogP contribution in [0.15, 0.2) is 42.5 Å². The highest BCUT2D eigenvalue weighted by atomic mass is 19.1. The van der Waals surface area contributed by atoms with Gasteiger partial charge in [-0.25, -0.2) is 4.39 Å². The fraction of sp³-hybridized carbons (Fsp3) is 0.318. The van der Waals surface area contributed by atoms with Crippen molar-refractivity contribution in [3.05, 3.63) is 59.4 Å². The van der Waals surface area contributed by atoms with Gasteiger partial charge in [0.05, 0.1) is 19.1 Å². The highest BCUT2D eigenvalue weighted by Crippen LogP contribution is 2.19. The number of hydrogen-bond donors (Lipinski definition) is 3. The number of anilines is 2. The summed E-state index contributed by atoms with van der Waals surface area (Å²) in [7, 11) is 1.63. The Morgan fingerprint density at radius 3 is 2.17 bits per heavy atom. The summed E-state index contributed by atoms with van der Waals surface area (Å²) in [6.07, 6.45) is 0. The van der Waals surface area contributed by atoms with Gasteiger partial charge in [0, 0.05) is 11.4 Å². The first-order valence-corrected chi connectivity index (χ1v) is 9.57. The van der Waals surface area contributed by atoms with Gasteiger partial charge in [-0.15, -0.1) is 0 Å². The third-order valence-electron chi connectivity index (χ3n) is 4.73. The average Bonchev–Trinajstić information content (AvgIpc) is 2.70. The van der Waals surface area contributed by atoms with Crippen LogP contribution in [-0.4, -0.2) is 48.8 Å². The third-order valence-corrected chi connectivity index (χ3v) is 4.73. The number of amides is 3. The van der Waals surface area contributed by atoms with Crippen LogP contribution in [0.25, 0.3) is 0 Å². The van der Waals surface area contributed by atoms with Gasteiger partial charge in [-0.05, 0) is 63.2 Å². The smallest absolute Gasteiger partial charge is 0.243 e. The number of rotatable bonds is 8. The van der Waals surface area contributed by atoms with E-state index < -0.39 is 11.9 Å². The number of hydrogen-bond acceptors (Lipinski definition) is 4. The van der Waals surface area contributed by atoms with E-state index in [0.29, 0.717) is 5.69 Å². The summed E-state index contributed by atoms with van der Waals surface area (Å²) < 4.78 is 12.9. The molecule has 0 aliphatic rings. The molecule has 2 aromatic rings. The van der Waals surface area contributed by atoms with Crippen LogP contribution in [0.3, 0.4) is 0 Å². The van der Waals surface area contributed by atoms with Crippen molar-refractivity contribution < 1.29 is 18.8 Å². The van der Waals surface area contributed by atoms with E-state index in [2.05, 4.69) is 16.0 Å². The molecule has 8 heteroatoms. The standard InChI is InChI=1S/C22H27FN4O3/c1-14-6-5-7-15(2)21(14)26-19(28)12-24-22(30)16(3)27(4)13-20(29)25-18-10-8-17(23)9-11-18/h5-11,16H,12-13H2,1-4H3,(H,24,30)(H,25,29)(H,26,28)/t16-/m0/s1. The van der Waals surface area contributed by atoms with Gasteiger partial charge in [0.1, 0.15) is 5.82 Å². The van der Waals surface area contributed by atoms with E-state index in [0.717, 1.165) is 16.8 Å². The van der Waals surface area contributed by atoms with Gasteiger partial charge >= 0.3 is 0 Å². The molecule has 160 valence electrons. The highest BCUT2D eigenvalue weighted by molar-refractivity contribution is 5.96. The maximum atomic E-state index is 12.9. The van der Waals surface area contributed by atoms with Crippen molar-refractivity contribution in [3.8, 4) is 0 Å². The minimum Gasteiger partial charge on any atom is -0.346 e. The van der Waals surface area contributed by atoms with Crippen molar-refractivity contribution in [2.75, 3.05) is 30.8 Å². The van der Waals surface area contributed by atoms with Crippen LogP contribution in [-0.2, 0) is 14.4 Å². The van der Waals surface area contributed by atoms with Gasteiger partial charge in [-0.1, -0.05) is 18.2 Å². The van der Waals surface area contributed by atoms with Crippen LogP contribution < -0.4 is 16.0 Å². The van der Waals surface area contributed by atoms with Crippen LogP contribution in [0.1, 0.15) is 18.1 Å². The molecule has 0 fully saturated rings. The van der Waals surface area contributed by atoms with Crippen molar-refractivity contribution >= 4 is 29.1 Å². The Morgan fingerprint density at radius 2 is 1.57 bits per heavy atom. The lowest BCUT2D eigenvalue weighted by molar-refractivity contribution is -0.128. The number of nitrogens with one attached hydrogen (secondary N) is 3. The van der Waals surface area contributed by atoms with E-state index in [1.54, 1.807) is 18.9 Å². The Morgan fingerprint density at radius 1 is 0.967 bits per heavy atom. The predicted octanol–water partition coefficient (Wildman–Crippen LogP) is 2.46. The molecule has 2 aromatic carbocycles. The summed E-state index contributed by atoms with van der Waals surface area (Å²) in [5.41, 5.74) is 3.08. The lowest BCUT2D eigenvalue weighted by Gasteiger charge is -2.23. The molecule has 0 aliphatic heterocycles. The zero-order chi connectivity index (χ0) is 22.3. The average molecular weight is 414 g/mol. The van der Waals surface area contributed by atoms with Crippen molar-refractivity contribution in [2.24, 2.45) is 0 Å². The molecule has 0 aromatic heterocycles. The topological polar surface area (TPSA) is 90.5 Å². The van der Waals surface area contributed by atoms with Gasteiger partial charge < -0.3 is 16.0 Å². The van der Waals surface area contributed by atoms with Crippen molar-refractivity contribution in [1.29, 1.82) is 0 Å². The van der Waals surface area contributed by atoms with Crippen LogP contribution in [0, 0.1) is 19.7 Å². The number of para-hydroxylation sites is 1. The quantitative estimate of drug-likeness (QED) is 0.619. The Bertz CT molecular complexity index is 895. The van der Waals surface area contributed by atoms with Crippen LogP contribution in [0.5, 0.6) is 0 Å². The van der Waals surface area contributed by atoms with E-state index in [1.165, 1.54) is 24.3 Å². The highest BCUT2D eigenvalue weighted by Gasteiger charge is 2.21. The Kier molecular flexibility index (Phi) is 8.06. The predicted molar refractivity (Wildman–Crippen MR) is 115 cm³/mol. The van der Waals surface area contributed by atoms with Crippen molar-refractivity contribution in [3.63, 3.8) is 0 Å². The van der Waals surface area contributed by atoms with E-state index in [1.807, 2.05) is 32.0 Å². The molecule has 0 heterocycles. The fourth-order valence-electron chi connectivity index (χ4n) is 2.81.